The van der Waals surface area contributed by atoms with Crippen molar-refractivity contribution < 1.29 is 9.47 Å². The average Bonchev–Trinajstić information content (AvgIpc) is 2.42. The predicted molar refractivity (Wildman–Crippen MR) is 77.8 cm³/mol. The van der Waals surface area contributed by atoms with Crippen LogP contribution in [-0.2, 0) is 16.1 Å². The molecular weight excluding hydrogens is 345 g/mol. The smallest absolute Gasteiger partial charge is 0.143 e. The van der Waals surface area contributed by atoms with Gasteiger partial charge in [0.2, 0.25) is 0 Å². The number of halogens is 1. The molecule has 0 spiro atoms. The number of hydrogen-bond acceptors (Lipinski definition) is 5. The number of ether oxygens (including phenoxy) is 2. The summed E-state index contributed by atoms with van der Waals surface area (Å²) in [7, 11) is 3.57. The highest BCUT2D eigenvalue weighted by Crippen LogP contribution is 2.28. The Labute approximate surface area is 121 Å². The summed E-state index contributed by atoms with van der Waals surface area (Å²) >= 11 is 2.26. The zero-order chi connectivity index (χ0) is 13.0. The number of anilines is 1. The van der Waals surface area contributed by atoms with Gasteiger partial charge in [0, 0.05) is 33.3 Å². The molecule has 1 N–H and O–H groups in total. The van der Waals surface area contributed by atoms with Crippen LogP contribution in [0.3, 0.4) is 0 Å². The molecule has 1 aromatic rings. The van der Waals surface area contributed by atoms with E-state index in [9.17, 15) is 0 Å². The third-order valence-corrected chi connectivity index (χ3v) is 4.17. The highest BCUT2D eigenvalue weighted by molar-refractivity contribution is 14.1. The van der Waals surface area contributed by atoms with Gasteiger partial charge in [-0.15, -0.1) is 0 Å². The van der Waals surface area contributed by atoms with Gasteiger partial charge in [0.15, 0.2) is 0 Å². The van der Waals surface area contributed by atoms with E-state index in [0.717, 1.165) is 47.0 Å². The second-order valence-electron chi connectivity index (χ2n) is 4.26. The maximum atomic E-state index is 5.38. The number of methoxy groups -OCH3 is 1. The van der Waals surface area contributed by atoms with E-state index in [-0.39, 0.29) is 0 Å². The first-order valence-electron chi connectivity index (χ1n) is 6.07. The Hall–Kier alpha value is -0.470. The molecule has 0 atom stereocenters. The zero-order valence-electron chi connectivity index (χ0n) is 10.7. The molecule has 1 aliphatic heterocycles. The zero-order valence-corrected chi connectivity index (χ0v) is 12.9. The van der Waals surface area contributed by atoms with Gasteiger partial charge < -0.3 is 14.8 Å². The number of aromatic nitrogens is 2. The topological polar surface area (TPSA) is 56.3 Å². The first-order valence-corrected chi connectivity index (χ1v) is 7.15. The van der Waals surface area contributed by atoms with E-state index in [1.54, 1.807) is 7.11 Å². The van der Waals surface area contributed by atoms with Gasteiger partial charge >= 0.3 is 0 Å². The minimum Gasteiger partial charge on any atom is -0.381 e. The van der Waals surface area contributed by atoms with Gasteiger partial charge in [-0.2, -0.15) is 0 Å². The molecule has 1 aromatic heterocycles. The molecule has 0 bridgehead atoms. The lowest BCUT2D eigenvalue weighted by atomic mass is 9.99. The number of nitrogens with one attached hydrogen (secondary N) is 1. The van der Waals surface area contributed by atoms with Crippen LogP contribution in [0.5, 0.6) is 0 Å². The molecule has 0 amide bonds. The summed E-state index contributed by atoms with van der Waals surface area (Å²) in [6.07, 6.45) is 1.99. The molecule has 100 valence electrons. The summed E-state index contributed by atoms with van der Waals surface area (Å²) in [4.78, 5) is 9.27. The second-order valence-corrected chi connectivity index (χ2v) is 5.34. The first kappa shape index (κ1) is 14.0. The van der Waals surface area contributed by atoms with E-state index >= 15 is 0 Å². The molecule has 6 heteroatoms. The van der Waals surface area contributed by atoms with Crippen molar-refractivity contribution in [3.63, 3.8) is 0 Å². The Morgan fingerprint density at radius 3 is 2.72 bits per heavy atom. The molecular formula is C12H18IN3O2. The quantitative estimate of drug-likeness (QED) is 0.831. The first-order chi connectivity index (χ1) is 8.76. The van der Waals surface area contributed by atoms with Crippen LogP contribution in [-0.4, -0.2) is 37.3 Å². The highest BCUT2D eigenvalue weighted by Gasteiger charge is 2.21. The third-order valence-electron chi connectivity index (χ3n) is 3.04. The molecule has 0 unspecified atom stereocenters. The molecule has 1 fully saturated rings. The average molecular weight is 363 g/mol. The van der Waals surface area contributed by atoms with Crippen LogP contribution in [0.4, 0.5) is 5.82 Å². The summed E-state index contributed by atoms with van der Waals surface area (Å²) < 4.78 is 11.6. The van der Waals surface area contributed by atoms with Crippen molar-refractivity contribution in [1.29, 1.82) is 0 Å². The summed E-state index contributed by atoms with van der Waals surface area (Å²) in [6.45, 7) is 2.12. The molecule has 1 aliphatic rings. The van der Waals surface area contributed by atoms with Crippen molar-refractivity contribution in [3.05, 3.63) is 15.1 Å². The van der Waals surface area contributed by atoms with E-state index in [2.05, 4.69) is 37.9 Å². The monoisotopic (exact) mass is 363 g/mol. The fourth-order valence-electron chi connectivity index (χ4n) is 2.05. The minimum absolute atomic E-state index is 0.401. The summed E-state index contributed by atoms with van der Waals surface area (Å²) in [6, 6.07) is 0. The van der Waals surface area contributed by atoms with Crippen molar-refractivity contribution in [2.24, 2.45) is 0 Å². The number of hydrogen-bond donors (Lipinski definition) is 1. The fraction of sp³-hybridized carbons (Fsp3) is 0.667. The Balaban J connectivity index is 2.31. The van der Waals surface area contributed by atoms with Crippen molar-refractivity contribution in [3.8, 4) is 0 Å². The molecule has 0 radical (unpaired) electrons. The van der Waals surface area contributed by atoms with Crippen molar-refractivity contribution in [2.45, 2.75) is 25.4 Å². The van der Waals surface area contributed by atoms with Gasteiger partial charge in [-0.3, -0.25) is 0 Å². The van der Waals surface area contributed by atoms with Crippen LogP contribution in [0.1, 0.15) is 30.3 Å². The van der Waals surface area contributed by atoms with Gasteiger partial charge in [0.25, 0.3) is 0 Å². The maximum Gasteiger partial charge on any atom is 0.143 e. The molecule has 5 nitrogen and oxygen atoms in total. The van der Waals surface area contributed by atoms with Crippen LogP contribution >= 0.6 is 22.6 Å². The lowest BCUT2D eigenvalue weighted by molar-refractivity contribution is 0.0834. The summed E-state index contributed by atoms with van der Waals surface area (Å²) in [5.41, 5.74) is 0.957. The Morgan fingerprint density at radius 1 is 1.39 bits per heavy atom. The molecule has 18 heavy (non-hydrogen) atoms. The van der Waals surface area contributed by atoms with Crippen molar-refractivity contribution in [1.82, 2.24) is 9.97 Å². The Bertz CT molecular complexity index is 409. The molecule has 2 rings (SSSR count). The van der Waals surface area contributed by atoms with E-state index < -0.39 is 0 Å². The highest BCUT2D eigenvalue weighted by atomic mass is 127. The molecule has 0 aromatic carbocycles. The van der Waals surface area contributed by atoms with Crippen LogP contribution < -0.4 is 5.32 Å². The van der Waals surface area contributed by atoms with Gasteiger partial charge in [-0.1, -0.05) is 0 Å². The van der Waals surface area contributed by atoms with Crippen LogP contribution in [0, 0.1) is 3.57 Å². The third kappa shape index (κ3) is 3.10. The van der Waals surface area contributed by atoms with Gasteiger partial charge in [0.1, 0.15) is 11.6 Å². The molecule has 1 saturated heterocycles. The van der Waals surface area contributed by atoms with E-state index in [0.29, 0.717) is 12.5 Å². The van der Waals surface area contributed by atoms with E-state index in [1.165, 1.54) is 0 Å². The Morgan fingerprint density at radius 2 is 2.11 bits per heavy atom. The van der Waals surface area contributed by atoms with Gasteiger partial charge in [-0.05, 0) is 35.4 Å². The fourth-order valence-corrected chi connectivity index (χ4v) is 2.72. The number of nitrogens with zero attached hydrogens (tertiary/aromatic N) is 2. The summed E-state index contributed by atoms with van der Waals surface area (Å²) in [5.74, 6) is 2.20. The molecule has 0 aliphatic carbocycles. The SMILES string of the molecule is CNc1nc(C2CCOCC2)nc(COC)c1I. The van der Waals surface area contributed by atoms with Crippen molar-refractivity contribution >= 4 is 28.4 Å². The van der Waals surface area contributed by atoms with E-state index in [4.69, 9.17) is 9.47 Å². The number of rotatable bonds is 4. The van der Waals surface area contributed by atoms with Crippen LogP contribution in [0.25, 0.3) is 0 Å². The lowest BCUT2D eigenvalue weighted by Gasteiger charge is -2.22. The Kier molecular flexibility index (Phi) is 5.13. The summed E-state index contributed by atoms with van der Waals surface area (Å²) in [5, 5.41) is 3.13. The second kappa shape index (κ2) is 6.63. The van der Waals surface area contributed by atoms with Crippen LogP contribution in [0.2, 0.25) is 0 Å². The lowest BCUT2D eigenvalue weighted by Crippen LogP contribution is -2.18. The predicted octanol–water partition coefficient (Wildman–Crippen LogP) is 2.16. The minimum atomic E-state index is 0.401. The maximum absolute atomic E-state index is 5.38. The van der Waals surface area contributed by atoms with E-state index in [1.807, 2.05) is 7.05 Å². The largest absolute Gasteiger partial charge is 0.381 e. The van der Waals surface area contributed by atoms with Crippen molar-refractivity contribution in [2.75, 3.05) is 32.7 Å². The molecule has 2 heterocycles. The molecule has 0 saturated carbocycles. The van der Waals surface area contributed by atoms with Gasteiger partial charge in [0.05, 0.1) is 15.9 Å². The van der Waals surface area contributed by atoms with Crippen LogP contribution in [0.15, 0.2) is 0 Å². The van der Waals surface area contributed by atoms with Gasteiger partial charge in [-0.25, -0.2) is 9.97 Å². The standard InChI is InChI=1S/C12H18IN3O2/c1-14-12-10(13)9(7-17-2)15-11(16-12)8-3-5-18-6-4-8/h8H,3-7H2,1-2H3,(H,14,15,16). The normalized spacial score (nSPS) is 16.8.